The fourth-order valence-corrected chi connectivity index (χ4v) is 2.41. The summed E-state index contributed by atoms with van der Waals surface area (Å²) >= 11 is 0. The van der Waals surface area contributed by atoms with Gasteiger partial charge in [-0.2, -0.15) is 5.26 Å². The Morgan fingerprint density at radius 2 is 1.91 bits per heavy atom. The number of carbonyl (C=O) groups excluding carboxylic acids is 1. The number of nitriles is 1. The molecule has 0 saturated carbocycles. The van der Waals surface area contributed by atoms with Crippen LogP contribution in [-0.2, 0) is 6.42 Å². The minimum atomic E-state index is -0.261. The first kappa shape index (κ1) is 16.7. The van der Waals surface area contributed by atoms with Gasteiger partial charge in [0.1, 0.15) is 5.82 Å². The van der Waals surface area contributed by atoms with E-state index in [1.54, 1.807) is 35.2 Å². The van der Waals surface area contributed by atoms with E-state index in [0.717, 1.165) is 12.0 Å². The number of carbonyl (C=O) groups is 1. The topological polar surface area (TPSA) is 44.1 Å². The lowest BCUT2D eigenvalue weighted by Crippen LogP contribution is -2.33. The molecule has 0 spiro atoms. The summed E-state index contributed by atoms with van der Waals surface area (Å²) in [6, 6.07) is 15.1. The number of rotatable bonds is 6. The molecule has 0 atom stereocenters. The molecule has 0 heterocycles. The summed E-state index contributed by atoms with van der Waals surface area (Å²) in [5, 5.41) is 8.82. The fraction of sp³-hybridized carbons (Fsp3) is 0.263. The number of amides is 1. The van der Waals surface area contributed by atoms with Crippen molar-refractivity contribution in [1.82, 2.24) is 4.90 Å². The molecule has 4 heteroatoms. The SMILES string of the molecule is CCCN(CCc1cccc(F)c1)C(=O)c1ccc(C#N)cc1. The Morgan fingerprint density at radius 1 is 1.17 bits per heavy atom. The van der Waals surface area contributed by atoms with Crippen LogP contribution in [0.4, 0.5) is 4.39 Å². The highest BCUT2D eigenvalue weighted by molar-refractivity contribution is 5.94. The Kier molecular flexibility index (Phi) is 5.87. The van der Waals surface area contributed by atoms with Crippen LogP contribution >= 0.6 is 0 Å². The molecule has 2 aromatic carbocycles. The van der Waals surface area contributed by atoms with E-state index >= 15 is 0 Å². The Hall–Kier alpha value is -2.67. The summed E-state index contributed by atoms with van der Waals surface area (Å²) < 4.78 is 13.2. The van der Waals surface area contributed by atoms with Crippen LogP contribution in [0.3, 0.4) is 0 Å². The molecule has 0 aliphatic rings. The molecule has 118 valence electrons. The van der Waals surface area contributed by atoms with Crippen molar-refractivity contribution < 1.29 is 9.18 Å². The normalized spacial score (nSPS) is 10.1. The number of benzene rings is 2. The molecule has 0 aromatic heterocycles. The highest BCUT2D eigenvalue weighted by atomic mass is 19.1. The molecule has 1 amide bonds. The van der Waals surface area contributed by atoms with Crippen LogP contribution < -0.4 is 0 Å². The van der Waals surface area contributed by atoms with Crippen LogP contribution in [0, 0.1) is 17.1 Å². The van der Waals surface area contributed by atoms with Crippen LogP contribution in [-0.4, -0.2) is 23.9 Å². The van der Waals surface area contributed by atoms with Gasteiger partial charge in [0.25, 0.3) is 5.91 Å². The maximum atomic E-state index is 13.2. The first-order valence-electron chi connectivity index (χ1n) is 7.68. The van der Waals surface area contributed by atoms with Crippen LogP contribution in [0.15, 0.2) is 48.5 Å². The van der Waals surface area contributed by atoms with E-state index in [4.69, 9.17) is 5.26 Å². The van der Waals surface area contributed by atoms with Gasteiger partial charge < -0.3 is 4.90 Å². The van der Waals surface area contributed by atoms with Gasteiger partial charge >= 0.3 is 0 Å². The highest BCUT2D eigenvalue weighted by Crippen LogP contribution is 2.10. The van der Waals surface area contributed by atoms with E-state index in [0.29, 0.717) is 30.6 Å². The molecule has 23 heavy (non-hydrogen) atoms. The summed E-state index contributed by atoms with van der Waals surface area (Å²) in [4.78, 5) is 14.4. The maximum Gasteiger partial charge on any atom is 0.253 e. The molecule has 0 aliphatic carbocycles. The number of halogens is 1. The summed E-state index contributed by atoms with van der Waals surface area (Å²) in [6.07, 6.45) is 1.46. The smallest absolute Gasteiger partial charge is 0.253 e. The molecule has 2 aromatic rings. The lowest BCUT2D eigenvalue weighted by molar-refractivity contribution is 0.0757. The quantitative estimate of drug-likeness (QED) is 0.814. The zero-order valence-electron chi connectivity index (χ0n) is 13.1. The van der Waals surface area contributed by atoms with Crippen molar-refractivity contribution >= 4 is 5.91 Å². The minimum Gasteiger partial charge on any atom is -0.338 e. The number of nitrogens with zero attached hydrogens (tertiary/aromatic N) is 2. The summed E-state index contributed by atoms with van der Waals surface area (Å²) in [5.74, 6) is -0.323. The molecular weight excluding hydrogens is 291 g/mol. The second kappa shape index (κ2) is 8.09. The van der Waals surface area contributed by atoms with Gasteiger partial charge in [0.05, 0.1) is 11.6 Å². The Bertz CT molecular complexity index is 704. The molecule has 0 N–H and O–H groups in total. The summed E-state index contributed by atoms with van der Waals surface area (Å²) in [7, 11) is 0. The highest BCUT2D eigenvalue weighted by Gasteiger charge is 2.15. The van der Waals surface area contributed by atoms with Crippen molar-refractivity contribution in [2.24, 2.45) is 0 Å². The minimum absolute atomic E-state index is 0.0623. The number of hydrogen-bond donors (Lipinski definition) is 0. The molecular formula is C19H19FN2O. The molecule has 0 unspecified atom stereocenters. The standard InChI is InChI=1S/C19H19FN2O/c1-2-11-22(12-10-15-4-3-5-18(20)13-15)19(23)17-8-6-16(14-21)7-9-17/h3-9,13H,2,10-12H2,1H3. The van der Waals surface area contributed by atoms with Crippen LogP contribution in [0.1, 0.15) is 34.8 Å². The van der Waals surface area contributed by atoms with Crippen molar-refractivity contribution in [3.63, 3.8) is 0 Å². The maximum absolute atomic E-state index is 13.2. The van der Waals surface area contributed by atoms with Gasteiger partial charge in [0, 0.05) is 18.7 Å². The third-order valence-electron chi connectivity index (χ3n) is 3.60. The van der Waals surface area contributed by atoms with E-state index < -0.39 is 0 Å². The zero-order valence-corrected chi connectivity index (χ0v) is 13.1. The Balaban J connectivity index is 2.07. The van der Waals surface area contributed by atoms with Crippen LogP contribution in [0.25, 0.3) is 0 Å². The molecule has 3 nitrogen and oxygen atoms in total. The number of hydrogen-bond acceptors (Lipinski definition) is 2. The fourth-order valence-electron chi connectivity index (χ4n) is 2.41. The van der Waals surface area contributed by atoms with E-state index in [2.05, 4.69) is 0 Å². The first-order valence-corrected chi connectivity index (χ1v) is 7.68. The van der Waals surface area contributed by atoms with Gasteiger partial charge in [0.15, 0.2) is 0 Å². The summed E-state index contributed by atoms with van der Waals surface area (Å²) in [5.41, 5.74) is 1.97. The van der Waals surface area contributed by atoms with Gasteiger partial charge in [-0.05, 0) is 54.8 Å². The third-order valence-corrected chi connectivity index (χ3v) is 3.60. The molecule has 0 bridgehead atoms. The predicted octanol–water partition coefficient (Wildman–Crippen LogP) is 3.79. The average Bonchev–Trinajstić information content (AvgIpc) is 2.58. The van der Waals surface area contributed by atoms with Crippen molar-refractivity contribution in [1.29, 1.82) is 5.26 Å². The molecule has 0 radical (unpaired) electrons. The van der Waals surface area contributed by atoms with Crippen molar-refractivity contribution in [3.05, 3.63) is 71.0 Å². The van der Waals surface area contributed by atoms with Gasteiger partial charge in [-0.3, -0.25) is 4.79 Å². The lowest BCUT2D eigenvalue weighted by atomic mass is 10.1. The van der Waals surface area contributed by atoms with Crippen LogP contribution in [0.2, 0.25) is 0 Å². The van der Waals surface area contributed by atoms with Gasteiger partial charge in [-0.15, -0.1) is 0 Å². The molecule has 0 aliphatic heterocycles. The molecule has 0 saturated heterocycles. The van der Waals surface area contributed by atoms with Gasteiger partial charge in [0.2, 0.25) is 0 Å². The predicted molar refractivity (Wildman–Crippen MR) is 87.5 cm³/mol. The monoisotopic (exact) mass is 310 g/mol. The largest absolute Gasteiger partial charge is 0.338 e. The Morgan fingerprint density at radius 3 is 2.52 bits per heavy atom. The first-order chi connectivity index (χ1) is 11.1. The van der Waals surface area contributed by atoms with Crippen molar-refractivity contribution in [3.8, 4) is 6.07 Å². The Labute approximate surface area is 136 Å². The van der Waals surface area contributed by atoms with Gasteiger partial charge in [-0.1, -0.05) is 19.1 Å². The van der Waals surface area contributed by atoms with Gasteiger partial charge in [-0.25, -0.2) is 4.39 Å². The second-order valence-electron chi connectivity index (χ2n) is 5.36. The summed E-state index contributed by atoms with van der Waals surface area (Å²) in [6.45, 7) is 3.20. The van der Waals surface area contributed by atoms with E-state index in [-0.39, 0.29) is 11.7 Å². The lowest BCUT2D eigenvalue weighted by Gasteiger charge is -2.22. The molecule has 2 rings (SSSR count). The van der Waals surface area contributed by atoms with Crippen molar-refractivity contribution in [2.75, 3.05) is 13.1 Å². The van der Waals surface area contributed by atoms with E-state index in [9.17, 15) is 9.18 Å². The second-order valence-corrected chi connectivity index (χ2v) is 5.36. The average molecular weight is 310 g/mol. The van der Waals surface area contributed by atoms with E-state index in [1.807, 2.05) is 19.1 Å². The third kappa shape index (κ3) is 4.65. The zero-order chi connectivity index (χ0) is 16.7. The molecule has 0 fully saturated rings. The van der Waals surface area contributed by atoms with E-state index in [1.165, 1.54) is 12.1 Å². The van der Waals surface area contributed by atoms with Crippen molar-refractivity contribution in [2.45, 2.75) is 19.8 Å². The van der Waals surface area contributed by atoms with Crippen LogP contribution in [0.5, 0.6) is 0 Å².